The van der Waals surface area contributed by atoms with E-state index in [9.17, 15) is 4.79 Å². The maximum absolute atomic E-state index is 13.4. The maximum atomic E-state index is 13.4. The van der Waals surface area contributed by atoms with Gasteiger partial charge >= 0.3 is 0 Å². The van der Waals surface area contributed by atoms with E-state index in [0.717, 1.165) is 31.2 Å². The largest absolute Gasteiger partial charge is 0.375 e. The highest BCUT2D eigenvalue weighted by Gasteiger charge is 2.70. The second kappa shape index (κ2) is 7.59. The Hall–Kier alpha value is -1.47. The number of likely N-dealkylation sites (tertiary alicyclic amines) is 1. The van der Waals surface area contributed by atoms with Crippen molar-refractivity contribution >= 4 is 5.91 Å². The van der Waals surface area contributed by atoms with E-state index in [0.29, 0.717) is 31.6 Å². The molecule has 1 aromatic rings. The smallest absolute Gasteiger partial charge is 0.227 e. The van der Waals surface area contributed by atoms with Crippen LogP contribution < -0.4 is 0 Å². The van der Waals surface area contributed by atoms with E-state index in [1.807, 2.05) is 49.1 Å². The third-order valence-electron chi connectivity index (χ3n) is 7.94. The minimum atomic E-state index is -0.804. The highest BCUT2D eigenvalue weighted by Crippen LogP contribution is 2.60. The van der Waals surface area contributed by atoms with E-state index in [1.165, 1.54) is 0 Å². The van der Waals surface area contributed by atoms with E-state index in [1.54, 1.807) is 0 Å². The fourth-order valence-electron chi connectivity index (χ4n) is 6.31. The van der Waals surface area contributed by atoms with Crippen LogP contribution in [-0.2, 0) is 30.7 Å². The van der Waals surface area contributed by atoms with Gasteiger partial charge in [0.1, 0.15) is 0 Å². The molecule has 1 spiro atoms. The number of hydrogen-bond donors (Lipinski definition) is 0. The van der Waals surface area contributed by atoms with Gasteiger partial charge in [0.25, 0.3) is 0 Å². The molecular formula is C24H33NO5. The summed E-state index contributed by atoms with van der Waals surface area (Å²) in [5.41, 5.74) is 0.546. The van der Waals surface area contributed by atoms with Crippen LogP contribution in [-0.4, -0.2) is 41.6 Å². The number of piperidine rings is 1. The van der Waals surface area contributed by atoms with Gasteiger partial charge in [-0.25, -0.2) is 9.78 Å². The molecule has 0 radical (unpaired) electrons. The fraction of sp³-hybridized carbons (Fsp3) is 0.708. The molecule has 5 aliphatic rings. The van der Waals surface area contributed by atoms with Gasteiger partial charge in [0, 0.05) is 24.8 Å². The van der Waals surface area contributed by atoms with Crippen molar-refractivity contribution in [1.82, 2.24) is 4.90 Å². The monoisotopic (exact) mass is 415 g/mol. The van der Waals surface area contributed by atoms with Gasteiger partial charge in [-0.3, -0.25) is 4.79 Å². The number of carbonyl (C=O) groups excluding carboxylic acids is 1. The van der Waals surface area contributed by atoms with Crippen LogP contribution in [0.1, 0.15) is 52.0 Å². The summed E-state index contributed by atoms with van der Waals surface area (Å²) in [4.78, 5) is 27.4. The zero-order valence-corrected chi connectivity index (χ0v) is 18.2. The second-order valence-corrected chi connectivity index (χ2v) is 9.79. The summed E-state index contributed by atoms with van der Waals surface area (Å²) in [5.74, 6) is 0.204. The van der Waals surface area contributed by atoms with Crippen molar-refractivity contribution in [1.29, 1.82) is 0 Å². The normalized spacial score (nSPS) is 42.7. The predicted molar refractivity (Wildman–Crippen MR) is 110 cm³/mol. The molecule has 1 saturated carbocycles. The second-order valence-electron chi connectivity index (χ2n) is 9.79. The number of benzene rings is 1. The lowest BCUT2D eigenvalue weighted by molar-refractivity contribution is -0.547. The molecule has 1 aliphatic carbocycles. The van der Waals surface area contributed by atoms with Crippen molar-refractivity contribution in [2.75, 3.05) is 13.2 Å². The van der Waals surface area contributed by atoms with Crippen molar-refractivity contribution in [2.24, 2.45) is 23.7 Å². The molecule has 164 valence electrons. The average Bonchev–Trinajstić information content (AvgIpc) is 2.98. The Morgan fingerprint density at radius 1 is 1.10 bits per heavy atom. The van der Waals surface area contributed by atoms with Crippen molar-refractivity contribution in [3.63, 3.8) is 0 Å². The van der Waals surface area contributed by atoms with E-state index in [4.69, 9.17) is 19.2 Å². The summed E-state index contributed by atoms with van der Waals surface area (Å²) in [6.07, 6.45) is 3.48. The van der Waals surface area contributed by atoms with Crippen LogP contribution in [0.3, 0.4) is 0 Å². The standard InChI is InChI=1S/C24H33NO5/c1-16-9-10-20-17(2)21(26)25(13-14-27-15-18-7-5-4-6-8-18)22-24(20)19(16)11-12-23(3,28-22)29-30-24/h4-8,16-17,19-20,22H,9-15H2,1-3H3/t16-,17-,19+,20+,22-,23-,24-/m1/s1. The molecule has 7 atom stereocenters. The highest BCUT2D eigenvalue weighted by molar-refractivity contribution is 5.80. The van der Waals surface area contributed by atoms with E-state index in [2.05, 4.69) is 6.92 Å². The zero-order valence-electron chi connectivity index (χ0n) is 18.2. The number of fused-ring (bicyclic) bond motifs is 2. The SMILES string of the molecule is C[C@@H]1CC[C@H]2[C@@H](C)C(=O)N(CCOCc3ccccc3)[C@@H]3O[C@@]4(C)CC[C@@H]1[C@@]23OO4. The molecule has 30 heavy (non-hydrogen) atoms. The molecule has 4 aliphatic heterocycles. The van der Waals surface area contributed by atoms with Gasteiger partial charge in [-0.15, -0.1) is 0 Å². The average molecular weight is 416 g/mol. The van der Waals surface area contributed by atoms with Crippen molar-refractivity contribution in [3.8, 4) is 0 Å². The van der Waals surface area contributed by atoms with Crippen LogP contribution in [0.15, 0.2) is 30.3 Å². The lowest BCUT2D eigenvalue weighted by Gasteiger charge is -2.61. The first-order valence-corrected chi connectivity index (χ1v) is 11.4. The van der Waals surface area contributed by atoms with Crippen LogP contribution >= 0.6 is 0 Å². The minimum absolute atomic E-state index is 0.111. The maximum Gasteiger partial charge on any atom is 0.227 e. The quantitative estimate of drug-likeness (QED) is 0.539. The number of amides is 1. The Bertz CT molecular complexity index is 787. The lowest BCUT2D eigenvalue weighted by atomic mass is 9.57. The molecule has 0 aromatic heterocycles. The molecule has 1 amide bonds. The van der Waals surface area contributed by atoms with Gasteiger partial charge in [-0.1, -0.05) is 44.2 Å². The summed E-state index contributed by atoms with van der Waals surface area (Å²) in [6.45, 7) is 7.79. The summed E-state index contributed by atoms with van der Waals surface area (Å²) in [7, 11) is 0. The minimum Gasteiger partial charge on any atom is -0.375 e. The first kappa shape index (κ1) is 20.4. The summed E-state index contributed by atoms with van der Waals surface area (Å²) >= 11 is 0. The molecule has 4 heterocycles. The number of nitrogens with zero attached hydrogens (tertiary/aromatic N) is 1. The van der Waals surface area contributed by atoms with Crippen LogP contribution in [0.25, 0.3) is 0 Å². The van der Waals surface area contributed by atoms with Gasteiger partial charge in [-0.05, 0) is 43.6 Å². The molecule has 1 aromatic carbocycles. The number of hydrogen-bond acceptors (Lipinski definition) is 5. The molecule has 0 N–H and O–H groups in total. The molecule has 5 fully saturated rings. The Morgan fingerprint density at radius 3 is 2.70 bits per heavy atom. The van der Waals surface area contributed by atoms with Crippen molar-refractivity contribution in [3.05, 3.63) is 35.9 Å². The van der Waals surface area contributed by atoms with Gasteiger partial charge in [0.2, 0.25) is 11.7 Å². The Balaban J connectivity index is 1.39. The topological polar surface area (TPSA) is 57.2 Å². The molecule has 6 nitrogen and oxygen atoms in total. The molecule has 0 unspecified atom stereocenters. The predicted octanol–water partition coefficient (Wildman–Crippen LogP) is 3.90. The number of rotatable bonds is 5. The van der Waals surface area contributed by atoms with E-state index in [-0.39, 0.29) is 17.7 Å². The third kappa shape index (κ3) is 3.11. The Kier molecular flexibility index (Phi) is 5.17. The van der Waals surface area contributed by atoms with Crippen LogP contribution in [0, 0.1) is 23.7 Å². The fourth-order valence-corrected chi connectivity index (χ4v) is 6.31. The number of carbonyl (C=O) groups is 1. The van der Waals surface area contributed by atoms with Crippen LogP contribution in [0.5, 0.6) is 0 Å². The summed E-state index contributed by atoms with van der Waals surface area (Å²) < 4.78 is 12.4. The number of ether oxygens (including phenoxy) is 2. The van der Waals surface area contributed by atoms with E-state index < -0.39 is 17.6 Å². The molecular weight excluding hydrogens is 382 g/mol. The summed E-state index contributed by atoms with van der Waals surface area (Å²) in [5, 5.41) is 0. The zero-order chi connectivity index (χ0) is 20.9. The van der Waals surface area contributed by atoms with Crippen LogP contribution in [0.2, 0.25) is 0 Å². The van der Waals surface area contributed by atoms with Crippen molar-refractivity contribution in [2.45, 2.75) is 70.7 Å². The molecule has 4 saturated heterocycles. The van der Waals surface area contributed by atoms with Gasteiger partial charge in [0.05, 0.1) is 13.2 Å². The Labute approximate surface area is 178 Å². The van der Waals surface area contributed by atoms with Gasteiger partial charge < -0.3 is 14.4 Å². The van der Waals surface area contributed by atoms with Crippen molar-refractivity contribution < 1.29 is 24.0 Å². The third-order valence-corrected chi connectivity index (χ3v) is 7.94. The molecule has 6 rings (SSSR count). The highest BCUT2D eigenvalue weighted by atomic mass is 17.3. The van der Waals surface area contributed by atoms with Gasteiger partial charge in [0.15, 0.2) is 11.8 Å². The lowest BCUT2D eigenvalue weighted by Crippen LogP contribution is -2.75. The first-order valence-electron chi connectivity index (χ1n) is 11.4. The molecule has 2 bridgehead atoms. The molecule has 6 heteroatoms. The van der Waals surface area contributed by atoms with Gasteiger partial charge in [-0.2, -0.15) is 0 Å². The van der Waals surface area contributed by atoms with Crippen LogP contribution in [0.4, 0.5) is 0 Å². The Morgan fingerprint density at radius 2 is 1.90 bits per heavy atom. The first-order chi connectivity index (χ1) is 14.4. The van der Waals surface area contributed by atoms with E-state index >= 15 is 0 Å². The summed E-state index contributed by atoms with van der Waals surface area (Å²) in [6, 6.07) is 10.1.